The van der Waals surface area contributed by atoms with E-state index in [1.807, 2.05) is 0 Å². The van der Waals surface area contributed by atoms with Gasteiger partial charge in [-0.3, -0.25) is 0 Å². The molecule has 1 aromatic carbocycles. The lowest BCUT2D eigenvalue weighted by Crippen LogP contribution is -1.80. The van der Waals surface area contributed by atoms with Crippen molar-refractivity contribution < 1.29 is 0 Å². The van der Waals surface area contributed by atoms with Crippen LogP contribution in [0.1, 0.15) is 25.0 Å². The van der Waals surface area contributed by atoms with Crippen molar-refractivity contribution in [3.05, 3.63) is 41.8 Å². The number of rotatable bonds is 2. The molecule has 0 amide bonds. The zero-order chi connectivity index (χ0) is 7.40. The van der Waals surface area contributed by atoms with Gasteiger partial charge in [0.15, 0.2) is 0 Å². The van der Waals surface area contributed by atoms with Gasteiger partial charge in [-0.25, -0.2) is 0 Å². The molecule has 0 aliphatic rings. The van der Waals surface area contributed by atoms with E-state index in [-0.39, 0.29) is 0 Å². The quantitative estimate of drug-likeness (QED) is 0.582. The number of hydrogen-bond donors (Lipinski definition) is 0. The molecule has 1 radical (unpaired) electrons. The van der Waals surface area contributed by atoms with Gasteiger partial charge in [-0.1, -0.05) is 38.1 Å². The van der Waals surface area contributed by atoms with E-state index in [1.165, 1.54) is 11.1 Å². The third-order valence-electron chi connectivity index (χ3n) is 1.72. The van der Waals surface area contributed by atoms with Gasteiger partial charge in [0.2, 0.25) is 0 Å². The summed E-state index contributed by atoms with van der Waals surface area (Å²) in [5.41, 5.74) is 2.71. The summed E-state index contributed by atoms with van der Waals surface area (Å²) >= 11 is 0. The molecular formula is C10H13. The number of hydrogen-bond acceptors (Lipinski definition) is 0. The molecule has 0 heteroatoms. The molecule has 0 heterocycles. The van der Waals surface area contributed by atoms with Crippen LogP contribution < -0.4 is 0 Å². The summed E-state index contributed by atoms with van der Waals surface area (Å²) in [6.07, 6.45) is 3.24. The molecule has 0 atom stereocenters. The smallest absolute Gasteiger partial charge is 0.0124 e. The van der Waals surface area contributed by atoms with Crippen LogP contribution in [0.25, 0.3) is 0 Å². The second kappa shape index (κ2) is 3.40. The first kappa shape index (κ1) is 7.33. The van der Waals surface area contributed by atoms with Crippen molar-refractivity contribution in [3.63, 3.8) is 0 Å². The SMILES string of the molecule is C[CH]c1ccc(CC)cc1. The van der Waals surface area contributed by atoms with E-state index in [4.69, 9.17) is 0 Å². The Morgan fingerprint density at radius 3 is 2.20 bits per heavy atom. The van der Waals surface area contributed by atoms with E-state index >= 15 is 0 Å². The highest BCUT2D eigenvalue weighted by Crippen LogP contribution is 2.05. The van der Waals surface area contributed by atoms with E-state index in [1.54, 1.807) is 0 Å². The molecule has 0 saturated heterocycles. The molecule has 10 heavy (non-hydrogen) atoms. The standard InChI is InChI=1S/C10H13/c1-3-9-5-7-10(4-2)8-6-9/h3,5-8H,4H2,1-2H3. The predicted octanol–water partition coefficient (Wildman–Crippen LogP) is 2.82. The van der Waals surface area contributed by atoms with Crippen molar-refractivity contribution >= 4 is 0 Å². The molecule has 0 bridgehead atoms. The fourth-order valence-electron chi connectivity index (χ4n) is 0.946. The molecule has 0 aromatic heterocycles. The fourth-order valence-corrected chi connectivity index (χ4v) is 0.946. The molecule has 0 spiro atoms. The monoisotopic (exact) mass is 133 g/mol. The van der Waals surface area contributed by atoms with Crippen LogP contribution in [0.2, 0.25) is 0 Å². The van der Waals surface area contributed by atoms with Gasteiger partial charge in [0.1, 0.15) is 0 Å². The minimum Gasteiger partial charge on any atom is -0.0613 e. The first-order valence-electron chi connectivity index (χ1n) is 3.75. The first-order valence-corrected chi connectivity index (χ1v) is 3.75. The molecule has 0 saturated carbocycles. The second-order valence-electron chi connectivity index (χ2n) is 2.38. The molecule has 0 aliphatic carbocycles. The van der Waals surface area contributed by atoms with Gasteiger partial charge in [0, 0.05) is 0 Å². The van der Waals surface area contributed by atoms with Gasteiger partial charge >= 0.3 is 0 Å². The summed E-state index contributed by atoms with van der Waals surface area (Å²) in [5.74, 6) is 0. The number of aryl methyl sites for hydroxylation is 1. The average Bonchev–Trinajstić information content (AvgIpc) is 2.05. The normalized spacial score (nSPS) is 9.80. The van der Waals surface area contributed by atoms with Gasteiger partial charge in [-0.05, 0) is 24.0 Å². The van der Waals surface area contributed by atoms with Crippen LogP contribution in [-0.4, -0.2) is 0 Å². The molecule has 0 aliphatic heterocycles. The molecule has 0 fully saturated rings. The largest absolute Gasteiger partial charge is 0.0613 e. The maximum Gasteiger partial charge on any atom is -0.0124 e. The highest BCUT2D eigenvalue weighted by Gasteiger charge is 1.88. The maximum atomic E-state index is 2.18. The van der Waals surface area contributed by atoms with Crippen molar-refractivity contribution in [1.82, 2.24) is 0 Å². The van der Waals surface area contributed by atoms with E-state index < -0.39 is 0 Å². The Morgan fingerprint density at radius 2 is 1.80 bits per heavy atom. The van der Waals surface area contributed by atoms with Crippen LogP contribution in [0.3, 0.4) is 0 Å². The van der Waals surface area contributed by atoms with Crippen LogP contribution in [0.4, 0.5) is 0 Å². The predicted molar refractivity (Wildman–Crippen MR) is 44.9 cm³/mol. The van der Waals surface area contributed by atoms with Crippen LogP contribution in [0.5, 0.6) is 0 Å². The van der Waals surface area contributed by atoms with Crippen molar-refractivity contribution in [1.29, 1.82) is 0 Å². The van der Waals surface area contributed by atoms with Gasteiger partial charge in [0.05, 0.1) is 0 Å². The van der Waals surface area contributed by atoms with Gasteiger partial charge in [-0.2, -0.15) is 0 Å². The summed E-state index contributed by atoms with van der Waals surface area (Å²) in [6, 6.07) is 8.66. The highest BCUT2D eigenvalue weighted by atomic mass is 13.9. The number of benzene rings is 1. The van der Waals surface area contributed by atoms with Gasteiger partial charge < -0.3 is 0 Å². The molecule has 0 N–H and O–H groups in total. The Bertz CT molecular complexity index is 161. The summed E-state index contributed by atoms with van der Waals surface area (Å²) < 4.78 is 0. The zero-order valence-electron chi connectivity index (χ0n) is 6.59. The van der Waals surface area contributed by atoms with Crippen molar-refractivity contribution in [2.24, 2.45) is 0 Å². The molecule has 53 valence electrons. The van der Waals surface area contributed by atoms with Crippen LogP contribution in [0, 0.1) is 6.42 Å². The molecular weight excluding hydrogens is 120 g/mol. The summed E-state index contributed by atoms with van der Waals surface area (Å²) in [7, 11) is 0. The lowest BCUT2D eigenvalue weighted by atomic mass is 10.1. The molecule has 0 unspecified atom stereocenters. The van der Waals surface area contributed by atoms with Crippen LogP contribution >= 0.6 is 0 Å². The molecule has 1 rings (SSSR count). The topological polar surface area (TPSA) is 0 Å². The van der Waals surface area contributed by atoms with E-state index in [9.17, 15) is 0 Å². The maximum absolute atomic E-state index is 2.18. The third kappa shape index (κ3) is 1.60. The van der Waals surface area contributed by atoms with E-state index in [0.717, 1.165) is 6.42 Å². The Balaban J connectivity index is 2.80. The van der Waals surface area contributed by atoms with Crippen LogP contribution in [-0.2, 0) is 6.42 Å². The van der Waals surface area contributed by atoms with E-state index in [2.05, 4.69) is 44.5 Å². The van der Waals surface area contributed by atoms with Gasteiger partial charge in [-0.15, -0.1) is 0 Å². The second-order valence-corrected chi connectivity index (χ2v) is 2.38. The van der Waals surface area contributed by atoms with Crippen molar-refractivity contribution in [2.75, 3.05) is 0 Å². The summed E-state index contributed by atoms with van der Waals surface area (Å²) in [4.78, 5) is 0. The fraction of sp³-hybridized carbons (Fsp3) is 0.300. The van der Waals surface area contributed by atoms with Crippen molar-refractivity contribution in [2.45, 2.75) is 20.3 Å². The Labute approximate surface area is 62.9 Å². The van der Waals surface area contributed by atoms with E-state index in [0.29, 0.717) is 0 Å². The highest BCUT2D eigenvalue weighted by molar-refractivity contribution is 5.26. The average molecular weight is 133 g/mol. The minimum atomic E-state index is 1.13. The van der Waals surface area contributed by atoms with Gasteiger partial charge in [0.25, 0.3) is 0 Å². The Kier molecular flexibility index (Phi) is 2.49. The summed E-state index contributed by atoms with van der Waals surface area (Å²) in [6.45, 7) is 4.23. The summed E-state index contributed by atoms with van der Waals surface area (Å²) in [5, 5.41) is 0. The minimum absolute atomic E-state index is 1.13. The lowest BCUT2D eigenvalue weighted by molar-refractivity contribution is 1.14. The van der Waals surface area contributed by atoms with Crippen LogP contribution in [0.15, 0.2) is 24.3 Å². The Morgan fingerprint density at radius 1 is 1.20 bits per heavy atom. The third-order valence-corrected chi connectivity index (χ3v) is 1.72. The first-order chi connectivity index (χ1) is 4.86. The van der Waals surface area contributed by atoms with Crippen molar-refractivity contribution in [3.8, 4) is 0 Å². The lowest BCUT2D eigenvalue weighted by Gasteiger charge is -1.97. The zero-order valence-corrected chi connectivity index (χ0v) is 6.59. The Hall–Kier alpha value is -0.780. The molecule has 0 nitrogen and oxygen atoms in total. The molecule has 1 aromatic rings.